The Labute approximate surface area is 151 Å². The van der Waals surface area contributed by atoms with Crippen molar-refractivity contribution in [2.45, 2.75) is 44.3 Å². The highest BCUT2D eigenvalue weighted by molar-refractivity contribution is 5.94. The number of ether oxygens (including phenoxy) is 1. The Balaban J connectivity index is 1.55. The predicted octanol–water partition coefficient (Wildman–Crippen LogP) is 3.72. The van der Waals surface area contributed by atoms with Gasteiger partial charge in [0.1, 0.15) is 5.75 Å². The minimum absolute atomic E-state index is 0.00598. The van der Waals surface area contributed by atoms with Crippen molar-refractivity contribution in [3.63, 3.8) is 0 Å². The maximum atomic E-state index is 12.8. The third-order valence-corrected chi connectivity index (χ3v) is 5.06. The summed E-state index contributed by atoms with van der Waals surface area (Å²) in [6.45, 7) is 3.51. The van der Waals surface area contributed by atoms with E-state index in [2.05, 4.69) is 4.90 Å². The first kappa shape index (κ1) is 19.0. The lowest BCUT2D eigenvalue weighted by atomic mass is 10.1. The number of alkyl halides is 3. The second-order valence-electron chi connectivity index (χ2n) is 7.04. The SMILES string of the molecule is O=C(c1ccc(OCCC(F)(F)F)cc1)N1CCCC1CN1CCCC1. The summed E-state index contributed by atoms with van der Waals surface area (Å²) in [6.07, 6.45) is -0.702. The zero-order chi connectivity index (χ0) is 18.6. The van der Waals surface area contributed by atoms with Crippen LogP contribution in [-0.4, -0.2) is 60.7 Å². The number of likely N-dealkylation sites (tertiary alicyclic amines) is 2. The molecule has 0 saturated carbocycles. The smallest absolute Gasteiger partial charge is 0.392 e. The van der Waals surface area contributed by atoms with E-state index >= 15 is 0 Å². The van der Waals surface area contributed by atoms with Crippen molar-refractivity contribution in [3.8, 4) is 5.75 Å². The number of amides is 1. The minimum atomic E-state index is -4.23. The molecule has 4 nitrogen and oxygen atoms in total. The molecule has 0 aliphatic carbocycles. The second-order valence-corrected chi connectivity index (χ2v) is 7.04. The van der Waals surface area contributed by atoms with Gasteiger partial charge in [0.15, 0.2) is 0 Å². The highest BCUT2D eigenvalue weighted by Gasteiger charge is 2.31. The zero-order valence-electron chi connectivity index (χ0n) is 14.8. The third kappa shape index (κ3) is 5.13. The monoisotopic (exact) mass is 370 g/mol. The summed E-state index contributed by atoms with van der Waals surface area (Å²) in [5.41, 5.74) is 0.557. The summed E-state index contributed by atoms with van der Waals surface area (Å²) < 4.78 is 41.5. The predicted molar refractivity (Wildman–Crippen MR) is 92.3 cm³/mol. The molecule has 3 rings (SSSR count). The molecule has 2 heterocycles. The van der Waals surface area contributed by atoms with Gasteiger partial charge in [-0.2, -0.15) is 13.2 Å². The molecule has 26 heavy (non-hydrogen) atoms. The molecule has 1 amide bonds. The minimum Gasteiger partial charge on any atom is -0.493 e. The van der Waals surface area contributed by atoms with Crippen LogP contribution in [0.2, 0.25) is 0 Å². The fraction of sp³-hybridized carbons (Fsp3) is 0.632. The Bertz CT molecular complexity index is 598. The molecule has 1 unspecified atom stereocenters. The van der Waals surface area contributed by atoms with E-state index in [1.807, 2.05) is 4.90 Å². The lowest BCUT2D eigenvalue weighted by molar-refractivity contribution is -0.139. The van der Waals surface area contributed by atoms with Crippen molar-refractivity contribution in [3.05, 3.63) is 29.8 Å². The van der Waals surface area contributed by atoms with E-state index in [1.165, 1.54) is 12.8 Å². The number of carbonyl (C=O) groups is 1. The molecule has 2 fully saturated rings. The zero-order valence-corrected chi connectivity index (χ0v) is 14.8. The summed E-state index contributed by atoms with van der Waals surface area (Å²) in [5.74, 6) is 0.342. The molecule has 1 aromatic rings. The van der Waals surface area contributed by atoms with Gasteiger partial charge in [-0.1, -0.05) is 0 Å². The molecular formula is C19H25F3N2O2. The molecule has 144 valence electrons. The van der Waals surface area contributed by atoms with E-state index in [1.54, 1.807) is 24.3 Å². The largest absolute Gasteiger partial charge is 0.493 e. The number of hydrogen-bond donors (Lipinski definition) is 0. The Kier molecular flexibility index (Phi) is 6.06. The third-order valence-electron chi connectivity index (χ3n) is 5.06. The first-order valence-electron chi connectivity index (χ1n) is 9.25. The Morgan fingerprint density at radius 1 is 1.08 bits per heavy atom. The van der Waals surface area contributed by atoms with Gasteiger partial charge in [0.05, 0.1) is 13.0 Å². The fourth-order valence-corrected chi connectivity index (χ4v) is 3.70. The van der Waals surface area contributed by atoms with E-state index in [0.717, 1.165) is 39.0 Å². The summed E-state index contributed by atoms with van der Waals surface area (Å²) >= 11 is 0. The van der Waals surface area contributed by atoms with Crippen molar-refractivity contribution < 1.29 is 22.7 Å². The number of halogens is 3. The average molecular weight is 370 g/mol. The van der Waals surface area contributed by atoms with Crippen molar-refractivity contribution in [2.24, 2.45) is 0 Å². The van der Waals surface area contributed by atoms with E-state index in [-0.39, 0.29) is 11.9 Å². The van der Waals surface area contributed by atoms with Crippen LogP contribution in [0.25, 0.3) is 0 Å². The van der Waals surface area contributed by atoms with Crippen molar-refractivity contribution >= 4 is 5.91 Å². The van der Waals surface area contributed by atoms with Crippen LogP contribution in [0.5, 0.6) is 5.75 Å². The lowest BCUT2D eigenvalue weighted by Crippen LogP contribution is -2.42. The fourth-order valence-electron chi connectivity index (χ4n) is 3.70. The van der Waals surface area contributed by atoms with Crippen LogP contribution in [-0.2, 0) is 0 Å². The van der Waals surface area contributed by atoms with Crippen LogP contribution < -0.4 is 4.74 Å². The molecule has 2 saturated heterocycles. The van der Waals surface area contributed by atoms with Gasteiger partial charge >= 0.3 is 6.18 Å². The first-order valence-corrected chi connectivity index (χ1v) is 9.25. The molecule has 1 aromatic carbocycles. The van der Waals surface area contributed by atoms with Crippen LogP contribution >= 0.6 is 0 Å². The molecule has 7 heteroatoms. The molecule has 0 bridgehead atoms. The van der Waals surface area contributed by atoms with E-state index in [0.29, 0.717) is 11.3 Å². The second kappa shape index (κ2) is 8.29. The van der Waals surface area contributed by atoms with Gasteiger partial charge in [0.25, 0.3) is 5.91 Å². The van der Waals surface area contributed by atoms with Crippen molar-refractivity contribution in [2.75, 3.05) is 32.8 Å². The van der Waals surface area contributed by atoms with E-state index < -0.39 is 19.2 Å². The van der Waals surface area contributed by atoms with Gasteiger partial charge in [0.2, 0.25) is 0 Å². The highest BCUT2D eigenvalue weighted by atomic mass is 19.4. The van der Waals surface area contributed by atoms with Crippen molar-refractivity contribution in [1.29, 1.82) is 0 Å². The van der Waals surface area contributed by atoms with Gasteiger partial charge < -0.3 is 14.5 Å². The molecule has 2 aliphatic heterocycles. The Hall–Kier alpha value is -1.76. The Morgan fingerprint density at radius 2 is 1.77 bits per heavy atom. The molecule has 0 aromatic heterocycles. The molecule has 0 spiro atoms. The number of nitrogens with zero attached hydrogens (tertiary/aromatic N) is 2. The van der Waals surface area contributed by atoms with Crippen LogP contribution in [0.15, 0.2) is 24.3 Å². The summed E-state index contributed by atoms with van der Waals surface area (Å²) in [6, 6.07) is 6.65. The summed E-state index contributed by atoms with van der Waals surface area (Å²) in [7, 11) is 0. The van der Waals surface area contributed by atoms with Gasteiger partial charge in [-0.05, 0) is 63.0 Å². The number of rotatable bonds is 6. The topological polar surface area (TPSA) is 32.8 Å². The highest BCUT2D eigenvalue weighted by Crippen LogP contribution is 2.24. The van der Waals surface area contributed by atoms with Gasteiger partial charge in [-0.15, -0.1) is 0 Å². The molecule has 1 atom stereocenters. The van der Waals surface area contributed by atoms with Gasteiger partial charge in [0, 0.05) is 24.7 Å². The average Bonchev–Trinajstić information content (AvgIpc) is 3.26. The number of hydrogen-bond acceptors (Lipinski definition) is 3. The number of carbonyl (C=O) groups excluding carboxylic acids is 1. The quantitative estimate of drug-likeness (QED) is 0.765. The normalized spacial score (nSPS) is 21.3. The van der Waals surface area contributed by atoms with Crippen LogP contribution in [0.4, 0.5) is 13.2 Å². The van der Waals surface area contributed by atoms with Gasteiger partial charge in [-0.3, -0.25) is 4.79 Å². The Morgan fingerprint density at radius 3 is 2.42 bits per heavy atom. The maximum Gasteiger partial charge on any atom is 0.392 e. The number of benzene rings is 1. The standard InChI is InChI=1S/C19H25F3N2O2/c20-19(21,22)9-13-26-17-7-5-15(6-8-17)18(25)24-12-3-4-16(24)14-23-10-1-2-11-23/h5-8,16H,1-4,9-14H2. The van der Waals surface area contributed by atoms with Crippen LogP contribution in [0.3, 0.4) is 0 Å². The molecule has 0 radical (unpaired) electrons. The van der Waals surface area contributed by atoms with Crippen LogP contribution in [0, 0.1) is 0 Å². The van der Waals surface area contributed by atoms with Crippen LogP contribution in [0.1, 0.15) is 42.5 Å². The maximum absolute atomic E-state index is 12.8. The van der Waals surface area contributed by atoms with Gasteiger partial charge in [-0.25, -0.2) is 0 Å². The van der Waals surface area contributed by atoms with E-state index in [9.17, 15) is 18.0 Å². The lowest BCUT2D eigenvalue weighted by Gasteiger charge is -2.28. The molecule has 2 aliphatic rings. The summed E-state index contributed by atoms with van der Waals surface area (Å²) in [5, 5.41) is 0. The summed E-state index contributed by atoms with van der Waals surface area (Å²) in [4.78, 5) is 17.2. The van der Waals surface area contributed by atoms with E-state index in [4.69, 9.17) is 4.74 Å². The molecule has 0 N–H and O–H groups in total. The first-order chi connectivity index (χ1) is 12.4. The molecular weight excluding hydrogens is 345 g/mol. The van der Waals surface area contributed by atoms with Crippen molar-refractivity contribution in [1.82, 2.24) is 9.80 Å².